The smallest absolute Gasteiger partial charge is 0.161 e. The van der Waals surface area contributed by atoms with Gasteiger partial charge in [0.25, 0.3) is 0 Å². The second kappa shape index (κ2) is 6.45. The molecule has 1 N–H and O–H groups in total. The lowest BCUT2D eigenvalue weighted by Gasteiger charge is -2.35. The number of para-hydroxylation sites is 1. The highest BCUT2D eigenvalue weighted by Crippen LogP contribution is 2.44. The van der Waals surface area contributed by atoms with Gasteiger partial charge in [0.15, 0.2) is 11.5 Å². The molecule has 2 atom stereocenters. The predicted octanol–water partition coefficient (Wildman–Crippen LogP) is 5.06. The first-order valence-corrected chi connectivity index (χ1v) is 9.70. The fourth-order valence-corrected chi connectivity index (χ4v) is 4.69. The van der Waals surface area contributed by atoms with Gasteiger partial charge in [-0.1, -0.05) is 31.0 Å². The molecule has 1 aliphatic carbocycles. The van der Waals surface area contributed by atoms with Crippen LogP contribution in [0.1, 0.15) is 48.4 Å². The summed E-state index contributed by atoms with van der Waals surface area (Å²) in [5, 5.41) is 1.21. The van der Waals surface area contributed by atoms with Crippen LogP contribution in [-0.4, -0.2) is 31.0 Å². The van der Waals surface area contributed by atoms with Crippen LogP contribution in [0.4, 0.5) is 0 Å². The van der Waals surface area contributed by atoms with Crippen LogP contribution in [0.3, 0.4) is 0 Å². The van der Waals surface area contributed by atoms with Crippen molar-refractivity contribution in [3.8, 4) is 11.5 Å². The van der Waals surface area contributed by atoms with E-state index in [9.17, 15) is 0 Å². The molecule has 1 saturated carbocycles. The maximum absolute atomic E-state index is 5.60. The second-order valence-corrected chi connectivity index (χ2v) is 7.50. The zero-order valence-electron chi connectivity index (χ0n) is 15.8. The van der Waals surface area contributed by atoms with Crippen molar-refractivity contribution in [1.29, 1.82) is 0 Å². The SMILES string of the molecule is COc1cc2c(cc1OC)[C@H]1CCCC[C@H]1N=C2c1cc2ccccc2[nH]1. The van der Waals surface area contributed by atoms with Crippen molar-refractivity contribution in [1.82, 2.24) is 4.98 Å². The summed E-state index contributed by atoms with van der Waals surface area (Å²) in [6, 6.07) is 15.2. The van der Waals surface area contributed by atoms with Gasteiger partial charge in [0.2, 0.25) is 0 Å². The number of ether oxygens (including phenoxy) is 2. The normalized spacial score (nSPS) is 21.3. The molecule has 0 radical (unpaired) electrons. The van der Waals surface area contributed by atoms with E-state index >= 15 is 0 Å². The van der Waals surface area contributed by atoms with Crippen molar-refractivity contribution in [3.05, 3.63) is 59.3 Å². The highest BCUT2D eigenvalue weighted by Gasteiger charge is 2.35. The molecule has 2 heterocycles. The molecule has 2 aliphatic rings. The summed E-state index contributed by atoms with van der Waals surface area (Å²) < 4.78 is 11.2. The fraction of sp³-hybridized carbons (Fsp3) is 0.348. The maximum Gasteiger partial charge on any atom is 0.161 e. The van der Waals surface area contributed by atoms with E-state index in [1.165, 1.54) is 35.8 Å². The van der Waals surface area contributed by atoms with Crippen LogP contribution in [0.15, 0.2) is 47.5 Å². The molecule has 2 aromatic carbocycles. The Labute approximate surface area is 159 Å². The molecule has 1 aromatic heterocycles. The Bertz CT molecular complexity index is 1000. The number of nitrogens with one attached hydrogen (secondary N) is 1. The number of rotatable bonds is 3. The molecule has 138 valence electrons. The van der Waals surface area contributed by atoms with Gasteiger partial charge in [0.05, 0.1) is 31.7 Å². The van der Waals surface area contributed by atoms with E-state index in [-0.39, 0.29) is 0 Å². The van der Waals surface area contributed by atoms with Crippen molar-refractivity contribution < 1.29 is 9.47 Å². The molecule has 3 aromatic rings. The van der Waals surface area contributed by atoms with Crippen LogP contribution in [0, 0.1) is 0 Å². The molecule has 4 nitrogen and oxygen atoms in total. The zero-order valence-corrected chi connectivity index (χ0v) is 15.8. The number of hydrogen-bond donors (Lipinski definition) is 1. The van der Waals surface area contributed by atoms with E-state index < -0.39 is 0 Å². The molecule has 1 aliphatic heterocycles. The Kier molecular flexibility index (Phi) is 3.92. The lowest BCUT2D eigenvalue weighted by atomic mass is 9.75. The van der Waals surface area contributed by atoms with Gasteiger partial charge in [-0.2, -0.15) is 0 Å². The second-order valence-electron chi connectivity index (χ2n) is 7.50. The van der Waals surface area contributed by atoms with Gasteiger partial charge in [-0.05, 0) is 42.7 Å². The predicted molar refractivity (Wildman–Crippen MR) is 108 cm³/mol. The van der Waals surface area contributed by atoms with E-state index in [4.69, 9.17) is 14.5 Å². The summed E-state index contributed by atoms with van der Waals surface area (Å²) in [4.78, 5) is 8.80. The zero-order chi connectivity index (χ0) is 18.4. The maximum atomic E-state index is 5.60. The average molecular weight is 360 g/mol. The highest BCUT2D eigenvalue weighted by atomic mass is 16.5. The van der Waals surface area contributed by atoms with E-state index in [0.29, 0.717) is 12.0 Å². The topological polar surface area (TPSA) is 46.6 Å². The number of aromatic amines is 1. The Hall–Kier alpha value is -2.75. The van der Waals surface area contributed by atoms with Crippen LogP contribution in [-0.2, 0) is 0 Å². The van der Waals surface area contributed by atoms with E-state index in [1.54, 1.807) is 14.2 Å². The van der Waals surface area contributed by atoms with Crippen molar-refractivity contribution in [3.63, 3.8) is 0 Å². The summed E-state index contributed by atoms with van der Waals surface area (Å²) in [5.74, 6) is 2.04. The minimum atomic E-state index is 0.353. The quantitative estimate of drug-likeness (QED) is 0.709. The van der Waals surface area contributed by atoms with Crippen molar-refractivity contribution >= 4 is 16.6 Å². The minimum absolute atomic E-state index is 0.353. The van der Waals surface area contributed by atoms with Crippen LogP contribution in [0.5, 0.6) is 11.5 Å². The first-order valence-electron chi connectivity index (χ1n) is 9.70. The van der Waals surface area contributed by atoms with Gasteiger partial charge in [0.1, 0.15) is 0 Å². The van der Waals surface area contributed by atoms with E-state index in [1.807, 2.05) is 0 Å². The van der Waals surface area contributed by atoms with Crippen molar-refractivity contribution in [2.75, 3.05) is 14.2 Å². The summed E-state index contributed by atoms with van der Waals surface area (Å²) in [6.07, 6.45) is 4.87. The van der Waals surface area contributed by atoms with Gasteiger partial charge in [-0.25, -0.2) is 0 Å². The molecule has 5 rings (SSSR count). The molecule has 0 bridgehead atoms. The summed E-state index contributed by atoms with van der Waals surface area (Å²) in [7, 11) is 3.40. The number of benzene rings is 2. The van der Waals surface area contributed by atoms with Crippen LogP contribution >= 0.6 is 0 Å². The van der Waals surface area contributed by atoms with Gasteiger partial charge < -0.3 is 14.5 Å². The third-order valence-corrected chi connectivity index (χ3v) is 6.02. The Balaban J connectivity index is 1.72. The number of aliphatic imine (C=N–C) groups is 1. The van der Waals surface area contributed by atoms with E-state index in [0.717, 1.165) is 34.8 Å². The number of H-pyrrole nitrogens is 1. The number of methoxy groups -OCH3 is 2. The molecular weight excluding hydrogens is 336 g/mol. The summed E-state index contributed by atoms with van der Waals surface area (Å²) in [5.41, 5.74) is 5.78. The van der Waals surface area contributed by atoms with Crippen LogP contribution in [0.2, 0.25) is 0 Å². The monoisotopic (exact) mass is 360 g/mol. The lowest BCUT2D eigenvalue weighted by molar-refractivity contribution is 0.349. The van der Waals surface area contributed by atoms with Gasteiger partial charge >= 0.3 is 0 Å². The van der Waals surface area contributed by atoms with Gasteiger partial charge in [-0.3, -0.25) is 4.99 Å². The Morgan fingerprint density at radius 3 is 2.56 bits per heavy atom. The first-order chi connectivity index (χ1) is 13.3. The minimum Gasteiger partial charge on any atom is -0.493 e. The highest BCUT2D eigenvalue weighted by molar-refractivity contribution is 6.15. The van der Waals surface area contributed by atoms with Crippen molar-refractivity contribution in [2.24, 2.45) is 4.99 Å². The average Bonchev–Trinajstić information content (AvgIpc) is 3.16. The molecule has 4 heteroatoms. The Morgan fingerprint density at radius 2 is 1.74 bits per heavy atom. The number of nitrogens with zero attached hydrogens (tertiary/aromatic N) is 1. The Morgan fingerprint density at radius 1 is 0.963 bits per heavy atom. The van der Waals surface area contributed by atoms with E-state index in [2.05, 4.69) is 47.4 Å². The van der Waals surface area contributed by atoms with Gasteiger partial charge in [0, 0.05) is 22.4 Å². The fourth-order valence-electron chi connectivity index (χ4n) is 4.69. The number of fused-ring (bicyclic) bond motifs is 4. The summed E-state index contributed by atoms with van der Waals surface area (Å²) >= 11 is 0. The molecule has 0 amide bonds. The molecule has 27 heavy (non-hydrogen) atoms. The first kappa shape index (κ1) is 16.4. The summed E-state index contributed by atoms with van der Waals surface area (Å²) in [6.45, 7) is 0. The molecule has 0 spiro atoms. The van der Waals surface area contributed by atoms with Crippen molar-refractivity contribution in [2.45, 2.75) is 37.6 Å². The standard InChI is InChI=1S/C23H24N2O2/c1-26-21-12-16-15-8-4-6-10-19(15)25-23(17(16)13-22(21)27-2)20-11-14-7-3-5-9-18(14)24-20/h3,5,7,9,11-13,15,19,24H,4,6,8,10H2,1-2H3/t15-,19-/m1/s1. The number of aromatic nitrogens is 1. The third-order valence-electron chi connectivity index (χ3n) is 6.02. The molecule has 0 unspecified atom stereocenters. The molecule has 0 saturated heterocycles. The van der Waals surface area contributed by atoms with Gasteiger partial charge in [-0.15, -0.1) is 0 Å². The molecular formula is C23H24N2O2. The molecule has 1 fully saturated rings. The third kappa shape index (κ3) is 2.62. The van der Waals surface area contributed by atoms with Crippen LogP contribution in [0.25, 0.3) is 10.9 Å². The largest absolute Gasteiger partial charge is 0.493 e. The lowest BCUT2D eigenvalue weighted by Crippen LogP contribution is -2.29. The number of hydrogen-bond acceptors (Lipinski definition) is 3. The van der Waals surface area contributed by atoms with Crippen LogP contribution < -0.4 is 9.47 Å².